The van der Waals surface area contributed by atoms with Gasteiger partial charge in [0.05, 0.1) is 30.3 Å². The quantitative estimate of drug-likeness (QED) is 0.709. The Morgan fingerprint density at radius 1 is 1.44 bits per heavy atom. The number of dihydropyridines is 1. The van der Waals surface area contributed by atoms with E-state index in [0.717, 1.165) is 5.01 Å². The van der Waals surface area contributed by atoms with E-state index >= 15 is 0 Å². The highest BCUT2D eigenvalue weighted by atomic mass is 32.1. The lowest BCUT2D eigenvalue weighted by molar-refractivity contribution is -0.0603. The average Bonchev–Trinajstić information content (AvgIpc) is 3.20. The van der Waals surface area contributed by atoms with Crippen LogP contribution in [0, 0.1) is 11.3 Å². The molecule has 4 rings (SSSR count). The molecule has 1 fully saturated rings. The molecule has 9 heteroatoms. The number of β-amino-alcohol motifs (C(OH)–C–C–N with tert-alkyl or cyclic N) is 1. The van der Waals surface area contributed by atoms with Crippen LogP contribution in [0.3, 0.4) is 0 Å². The zero-order chi connectivity index (χ0) is 19.0. The van der Waals surface area contributed by atoms with Crippen LogP contribution in [0.4, 0.5) is 0 Å². The summed E-state index contributed by atoms with van der Waals surface area (Å²) in [6, 6.07) is 5.64. The summed E-state index contributed by atoms with van der Waals surface area (Å²) in [5, 5.41) is 25.6. The first-order valence-corrected chi connectivity index (χ1v) is 9.20. The number of aliphatic hydroxyl groups excluding tert-OH is 1. The first-order chi connectivity index (χ1) is 13.1. The van der Waals surface area contributed by atoms with Crippen LogP contribution in [-0.2, 0) is 5.66 Å². The smallest absolute Gasteiger partial charge is 0.166 e. The molecule has 2 aromatic rings. The number of pyridine rings is 1. The summed E-state index contributed by atoms with van der Waals surface area (Å²) in [7, 11) is 1.57. The van der Waals surface area contributed by atoms with Crippen LogP contribution in [0.2, 0.25) is 0 Å². The number of allylic oxidation sites excluding steroid dienone is 1. The largest absolute Gasteiger partial charge is 0.497 e. The Morgan fingerprint density at radius 2 is 2.26 bits per heavy atom. The van der Waals surface area contributed by atoms with Crippen LogP contribution in [-0.4, -0.2) is 46.3 Å². The summed E-state index contributed by atoms with van der Waals surface area (Å²) in [6.45, 7) is 0.939. The third-order valence-electron chi connectivity index (χ3n) is 4.67. The van der Waals surface area contributed by atoms with Crippen molar-refractivity contribution < 1.29 is 9.84 Å². The topological polar surface area (TPSA) is 120 Å². The fourth-order valence-corrected chi connectivity index (χ4v) is 4.08. The molecular formula is C18H18N6O2S. The number of ether oxygens (including phenoxy) is 1. The minimum absolute atomic E-state index is 0.309. The Morgan fingerprint density at radius 3 is 2.89 bits per heavy atom. The SMILES string of the molecule is COc1ccnc(C2=C(C#N)C(N)=CC(c3nccs3)(N3CC(O)C3)N2)c1. The molecule has 0 radical (unpaired) electrons. The molecule has 1 saturated heterocycles. The summed E-state index contributed by atoms with van der Waals surface area (Å²) in [5.41, 5.74) is 7.14. The number of hydrogen-bond acceptors (Lipinski definition) is 9. The second kappa shape index (κ2) is 6.66. The maximum Gasteiger partial charge on any atom is 0.166 e. The minimum atomic E-state index is -0.849. The van der Waals surface area contributed by atoms with Gasteiger partial charge >= 0.3 is 0 Å². The Labute approximate surface area is 160 Å². The van der Waals surface area contributed by atoms with Crippen LogP contribution in [0.15, 0.2) is 47.3 Å². The summed E-state index contributed by atoms with van der Waals surface area (Å²) < 4.78 is 5.29. The van der Waals surface area contributed by atoms with Gasteiger partial charge in [0.25, 0.3) is 0 Å². The monoisotopic (exact) mass is 382 g/mol. The first kappa shape index (κ1) is 17.5. The number of likely N-dealkylation sites (tertiary alicyclic amines) is 1. The third kappa shape index (κ3) is 2.84. The summed E-state index contributed by atoms with van der Waals surface area (Å²) in [6.07, 6.45) is 4.72. The summed E-state index contributed by atoms with van der Waals surface area (Å²) in [5.74, 6) is 0.624. The maximum atomic E-state index is 9.84. The van der Waals surface area contributed by atoms with Gasteiger partial charge in [-0.05, 0) is 12.1 Å². The van der Waals surface area contributed by atoms with Crippen molar-refractivity contribution in [1.29, 1.82) is 5.26 Å². The van der Waals surface area contributed by atoms with Crippen molar-refractivity contribution in [2.24, 2.45) is 5.73 Å². The number of nitrogens with one attached hydrogen (secondary N) is 1. The fourth-order valence-electron chi connectivity index (χ4n) is 3.29. The molecule has 2 aromatic heterocycles. The first-order valence-electron chi connectivity index (χ1n) is 8.32. The van der Waals surface area contributed by atoms with E-state index in [0.29, 0.717) is 41.5 Å². The number of methoxy groups -OCH3 is 1. The van der Waals surface area contributed by atoms with Crippen LogP contribution in [0.1, 0.15) is 10.7 Å². The molecule has 0 bridgehead atoms. The van der Waals surface area contributed by atoms with Crippen molar-refractivity contribution >= 4 is 17.0 Å². The number of hydrogen-bond donors (Lipinski definition) is 3. The lowest BCUT2D eigenvalue weighted by atomic mass is 9.93. The highest BCUT2D eigenvalue weighted by Gasteiger charge is 2.48. The minimum Gasteiger partial charge on any atom is -0.497 e. The van der Waals surface area contributed by atoms with Crippen molar-refractivity contribution in [1.82, 2.24) is 20.2 Å². The predicted octanol–water partition coefficient (Wildman–Crippen LogP) is 0.757. The average molecular weight is 382 g/mol. The number of aromatic nitrogens is 2. The van der Waals surface area contributed by atoms with Crippen LogP contribution < -0.4 is 15.8 Å². The molecule has 2 aliphatic rings. The number of rotatable bonds is 4. The lowest BCUT2D eigenvalue weighted by Crippen LogP contribution is -2.66. The maximum absolute atomic E-state index is 9.84. The highest BCUT2D eigenvalue weighted by molar-refractivity contribution is 7.09. The van der Waals surface area contributed by atoms with Crippen LogP contribution in [0.5, 0.6) is 5.75 Å². The standard InChI is InChI=1S/C18H18N6O2S/c1-26-12-2-3-21-15(6-12)16-13(8-19)14(20)7-18(23-16,17-22-4-5-27-17)24-9-11(25)10-24/h2-7,11,23,25H,9-10,20H2,1H3. The number of nitriles is 1. The van der Waals surface area contributed by atoms with Gasteiger partial charge in [-0.1, -0.05) is 0 Å². The second-order valence-corrected chi connectivity index (χ2v) is 7.22. The van der Waals surface area contributed by atoms with E-state index in [1.54, 1.807) is 37.7 Å². The van der Waals surface area contributed by atoms with E-state index < -0.39 is 11.8 Å². The molecule has 27 heavy (non-hydrogen) atoms. The Kier molecular flexibility index (Phi) is 4.31. The van der Waals surface area contributed by atoms with Gasteiger partial charge in [-0.25, -0.2) is 4.98 Å². The molecule has 0 aromatic carbocycles. The van der Waals surface area contributed by atoms with E-state index in [4.69, 9.17) is 10.5 Å². The predicted molar refractivity (Wildman–Crippen MR) is 100 cm³/mol. The van der Waals surface area contributed by atoms with Crippen LogP contribution >= 0.6 is 11.3 Å². The number of nitrogens with two attached hydrogens (primary N) is 1. The molecule has 0 amide bonds. The van der Waals surface area contributed by atoms with E-state index in [2.05, 4.69) is 21.4 Å². The van der Waals surface area contributed by atoms with Crippen LogP contribution in [0.25, 0.3) is 5.70 Å². The number of nitrogens with zero attached hydrogens (tertiary/aromatic N) is 4. The molecule has 138 valence electrons. The Hall–Kier alpha value is -2.93. The summed E-state index contributed by atoms with van der Waals surface area (Å²) in [4.78, 5) is 10.9. The molecule has 0 aliphatic carbocycles. The number of thiazole rings is 1. The zero-order valence-electron chi connectivity index (χ0n) is 14.6. The highest BCUT2D eigenvalue weighted by Crippen LogP contribution is 2.40. The van der Waals surface area contributed by atoms with Crippen molar-refractivity contribution in [2.45, 2.75) is 11.8 Å². The summed E-state index contributed by atoms with van der Waals surface area (Å²) >= 11 is 1.48. The van der Waals surface area contributed by atoms with Gasteiger partial charge in [0.2, 0.25) is 0 Å². The lowest BCUT2D eigenvalue weighted by Gasteiger charge is -2.50. The van der Waals surface area contributed by atoms with Gasteiger partial charge in [-0.3, -0.25) is 9.88 Å². The van der Waals surface area contributed by atoms with E-state index in [-0.39, 0.29) is 0 Å². The second-order valence-electron chi connectivity index (χ2n) is 6.33. The molecule has 4 N–H and O–H groups in total. The van der Waals surface area contributed by atoms with Gasteiger partial charge in [0, 0.05) is 36.9 Å². The Balaban J connectivity index is 1.85. The molecule has 0 saturated carbocycles. The zero-order valence-corrected chi connectivity index (χ0v) is 15.4. The molecule has 2 aliphatic heterocycles. The van der Waals surface area contributed by atoms with Gasteiger partial charge < -0.3 is 20.9 Å². The molecule has 8 nitrogen and oxygen atoms in total. The van der Waals surface area contributed by atoms with Gasteiger partial charge in [0.1, 0.15) is 22.4 Å². The van der Waals surface area contributed by atoms with Crippen molar-refractivity contribution in [3.05, 3.63) is 58.0 Å². The van der Waals surface area contributed by atoms with Crippen molar-refractivity contribution in [3.8, 4) is 11.8 Å². The normalized spacial score (nSPS) is 23.2. The molecular weight excluding hydrogens is 364 g/mol. The van der Waals surface area contributed by atoms with Crippen molar-refractivity contribution in [3.63, 3.8) is 0 Å². The molecule has 1 unspecified atom stereocenters. The van der Waals surface area contributed by atoms with Gasteiger partial charge in [-0.2, -0.15) is 5.26 Å². The third-order valence-corrected chi connectivity index (χ3v) is 5.57. The number of aliphatic hydroxyl groups is 1. The van der Waals surface area contributed by atoms with E-state index in [9.17, 15) is 10.4 Å². The molecule has 0 spiro atoms. The fraction of sp³-hybridized carbons (Fsp3) is 0.278. The van der Waals surface area contributed by atoms with E-state index in [1.165, 1.54) is 11.3 Å². The molecule has 4 heterocycles. The van der Waals surface area contributed by atoms with Crippen molar-refractivity contribution in [2.75, 3.05) is 20.2 Å². The van der Waals surface area contributed by atoms with E-state index in [1.807, 2.05) is 10.3 Å². The Bertz CT molecular complexity index is 958. The van der Waals surface area contributed by atoms with Gasteiger partial charge in [-0.15, -0.1) is 11.3 Å². The van der Waals surface area contributed by atoms with Gasteiger partial charge in [0.15, 0.2) is 5.66 Å². The molecule has 1 atom stereocenters.